The number of aliphatic hydroxyl groups excluding tert-OH is 1. The highest BCUT2D eigenvalue weighted by atomic mass is 32.2. The number of likely N-dealkylation sites (N-methyl/N-ethyl adjacent to an activating group) is 2. The lowest BCUT2D eigenvalue weighted by atomic mass is 10.2. The molecule has 1 heterocycles. The van der Waals surface area contributed by atoms with Crippen molar-refractivity contribution in [3.8, 4) is 0 Å². The Balaban J connectivity index is 2.44. The summed E-state index contributed by atoms with van der Waals surface area (Å²) in [6.07, 6.45) is 0.709. The molecule has 0 aromatic rings. The molecule has 2 unspecified atom stereocenters. The van der Waals surface area contributed by atoms with E-state index in [0.717, 1.165) is 0 Å². The third-order valence-electron chi connectivity index (χ3n) is 2.97. The molecule has 1 aliphatic heterocycles. The lowest BCUT2D eigenvalue weighted by Gasteiger charge is -2.26. The van der Waals surface area contributed by atoms with Crippen molar-refractivity contribution in [2.75, 3.05) is 38.8 Å². The highest BCUT2D eigenvalue weighted by Gasteiger charge is 2.31. The molecule has 1 aliphatic rings. The zero-order valence-electron chi connectivity index (χ0n) is 9.31. The molecule has 0 spiro atoms. The average molecular weight is 236 g/mol. The first-order chi connectivity index (χ1) is 6.98. The number of aliphatic hydroxyl groups is 1. The van der Waals surface area contributed by atoms with Crippen molar-refractivity contribution < 1.29 is 13.5 Å². The van der Waals surface area contributed by atoms with E-state index in [1.54, 1.807) is 7.05 Å². The Hall–Kier alpha value is -0.170. The van der Waals surface area contributed by atoms with Gasteiger partial charge in [0.25, 0.3) is 0 Å². The minimum atomic E-state index is -2.81. The molecule has 0 bridgehead atoms. The van der Waals surface area contributed by atoms with Crippen LogP contribution >= 0.6 is 0 Å². The number of hydrogen-bond acceptors (Lipinski definition) is 5. The lowest BCUT2D eigenvalue weighted by molar-refractivity contribution is 0.181. The molecule has 0 aliphatic carbocycles. The fourth-order valence-corrected chi connectivity index (χ4v) is 3.67. The van der Waals surface area contributed by atoms with Crippen molar-refractivity contribution in [2.45, 2.75) is 18.5 Å². The monoisotopic (exact) mass is 236 g/mol. The van der Waals surface area contributed by atoms with Gasteiger partial charge in [-0.3, -0.25) is 0 Å². The Labute approximate surface area is 91.4 Å². The van der Waals surface area contributed by atoms with E-state index in [-0.39, 0.29) is 24.4 Å². The summed E-state index contributed by atoms with van der Waals surface area (Å²) in [5, 5.41) is 12.0. The van der Waals surface area contributed by atoms with E-state index >= 15 is 0 Å². The SMILES string of the molecule is CNC(CO)CN(C)C1CCS(=O)(=O)C1. The van der Waals surface area contributed by atoms with E-state index in [2.05, 4.69) is 5.32 Å². The van der Waals surface area contributed by atoms with Gasteiger partial charge >= 0.3 is 0 Å². The van der Waals surface area contributed by atoms with Crippen LogP contribution in [0.15, 0.2) is 0 Å². The smallest absolute Gasteiger partial charge is 0.151 e. The number of sulfone groups is 1. The Morgan fingerprint density at radius 1 is 1.60 bits per heavy atom. The van der Waals surface area contributed by atoms with E-state index < -0.39 is 9.84 Å². The largest absolute Gasteiger partial charge is 0.395 e. The predicted octanol–water partition coefficient (Wildman–Crippen LogP) is -1.31. The summed E-state index contributed by atoms with van der Waals surface area (Å²) in [5.41, 5.74) is 0. The van der Waals surface area contributed by atoms with E-state index in [1.165, 1.54) is 0 Å². The fraction of sp³-hybridized carbons (Fsp3) is 1.00. The van der Waals surface area contributed by atoms with Gasteiger partial charge < -0.3 is 15.3 Å². The topological polar surface area (TPSA) is 69.6 Å². The van der Waals surface area contributed by atoms with Crippen molar-refractivity contribution >= 4 is 9.84 Å². The standard InChI is InChI=1S/C9H20N2O3S/c1-10-8(6-12)5-11(2)9-3-4-15(13,14)7-9/h8-10,12H,3-7H2,1-2H3. The zero-order chi connectivity index (χ0) is 11.5. The van der Waals surface area contributed by atoms with Crippen LogP contribution in [0.5, 0.6) is 0 Å². The quantitative estimate of drug-likeness (QED) is 0.620. The normalized spacial score (nSPS) is 27.1. The molecular formula is C9H20N2O3S. The number of rotatable bonds is 5. The van der Waals surface area contributed by atoms with Crippen LogP contribution in [-0.4, -0.2) is 69.3 Å². The van der Waals surface area contributed by atoms with Gasteiger partial charge in [0.05, 0.1) is 18.1 Å². The van der Waals surface area contributed by atoms with Crippen molar-refractivity contribution in [1.82, 2.24) is 10.2 Å². The van der Waals surface area contributed by atoms with Gasteiger partial charge in [0.15, 0.2) is 9.84 Å². The molecule has 5 nitrogen and oxygen atoms in total. The molecule has 0 aromatic heterocycles. The Bertz CT molecular complexity index is 288. The number of nitrogens with zero attached hydrogens (tertiary/aromatic N) is 1. The van der Waals surface area contributed by atoms with Crippen LogP contribution in [-0.2, 0) is 9.84 Å². The van der Waals surface area contributed by atoms with Crippen LogP contribution in [0.25, 0.3) is 0 Å². The molecule has 0 amide bonds. The van der Waals surface area contributed by atoms with Gasteiger partial charge in [-0.05, 0) is 20.5 Å². The van der Waals surface area contributed by atoms with Crippen LogP contribution in [0, 0.1) is 0 Å². The summed E-state index contributed by atoms with van der Waals surface area (Å²) in [4.78, 5) is 2.02. The van der Waals surface area contributed by atoms with Crippen LogP contribution < -0.4 is 5.32 Å². The molecule has 2 N–H and O–H groups in total. The van der Waals surface area contributed by atoms with Crippen LogP contribution in [0.2, 0.25) is 0 Å². The number of nitrogens with one attached hydrogen (secondary N) is 1. The third-order valence-corrected chi connectivity index (χ3v) is 4.72. The summed E-state index contributed by atoms with van der Waals surface area (Å²) in [7, 11) is 0.886. The minimum absolute atomic E-state index is 0.0123. The molecule has 2 atom stereocenters. The third kappa shape index (κ3) is 3.71. The lowest BCUT2D eigenvalue weighted by Crippen LogP contribution is -2.44. The maximum atomic E-state index is 11.3. The van der Waals surface area contributed by atoms with E-state index in [0.29, 0.717) is 18.7 Å². The second-order valence-corrected chi connectivity index (χ2v) is 6.39. The molecule has 0 saturated carbocycles. The first kappa shape index (κ1) is 12.9. The summed E-state index contributed by atoms with van der Waals surface area (Å²) < 4.78 is 22.6. The Morgan fingerprint density at radius 2 is 2.27 bits per heavy atom. The van der Waals surface area contributed by atoms with Crippen molar-refractivity contribution in [3.63, 3.8) is 0 Å². The Kier molecular flexibility index (Phi) is 4.51. The molecule has 1 fully saturated rings. The predicted molar refractivity (Wildman–Crippen MR) is 59.6 cm³/mol. The summed E-state index contributed by atoms with van der Waals surface area (Å²) in [6.45, 7) is 0.744. The van der Waals surface area contributed by atoms with Gasteiger partial charge in [-0.2, -0.15) is 0 Å². The second-order valence-electron chi connectivity index (χ2n) is 4.16. The Morgan fingerprint density at radius 3 is 2.67 bits per heavy atom. The summed E-state index contributed by atoms with van der Waals surface area (Å²) in [5.74, 6) is 0.552. The minimum Gasteiger partial charge on any atom is -0.395 e. The summed E-state index contributed by atoms with van der Waals surface area (Å²) in [6, 6.07) is 0.121. The molecule has 1 saturated heterocycles. The van der Waals surface area contributed by atoms with E-state index in [1.807, 2.05) is 11.9 Å². The van der Waals surface area contributed by atoms with Gasteiger partial charge in [-0.25, -0.2) is 8.42 Å². The van der Waals surface area contributed by atoms with Gasteiger partial charge in [-0.1, -0.05) is 0 Å². The molecule has 0 radical (unpaired) electrons. The molecule has 15 heavy (non-hydrogen) atoms. The van der Waals surface area contributed by atoms with Crippen LogP contribution in [0.1, 0.15) is 6.42 Å². The van der Waals surface area contributed by atoms with E-state index in [4.69, 9.17) is 5.11 Å². The number of hydrogen-bond donors (Lipinski definition) is 2. The fourth-order valence-electron chi connectivity index (χ4n) is 1.86. The van der Waals surface area contributed by atoms with Gasteiger partial charge in [0.1, 0.15) is 0 Å². The van der Waals surface area contributed by atoms with Gasteiger partial charge in [0, 0.05) is 18.6 Å². The highest BCUT2D eigenvalue weighted by Crippen LogP contribution is 2.16. The second kappa shape index (κ2) is 5.25. The highest BCUT2D eigenvalue weighted by molar-refractivity contribution is 7.91. The molecule has 0 aromatic carbocycles. The maximum Gasteiger partial charge on any atom is 0.151 e. The van der Waals surface area contributed by atoms with E-state index in [9.17, 15) is 8.42 Å². The van der Waals surface area contributed by atoms with Crippen molar-refractivity contribution in [2.24, 2.45) is 0 Å². The molecular weight excluding hydrogens is 216 g/mol. The van der Waals surface area contributed by atoms with Crippen LogP contribution in [0.3, 0.4) is 0 Å². The first-order valence-electron chi connectivity index (χ1n) is 5.17. The van der Waals surface area contributed by atoms with Crippen molar-refractivity contribution in [3.05, 3.63) is 0 Å². The first-order valence-corrected chi connectivity index (χ1v) is 6.99. The molecule has 1 rings (SSSR count). The van der Waals surface area contributed by atoms with Gasteiger partial charge in [0.2, 0.25) is 0 Å². The van der Waals surface area contributed by atoms with Crippen LogP contribution in [0.4, 0.5) is 0 Å². The zero-order valence-corrected chi connectivity index (χ0v) is 10.1. The van der Waals surface area contributed by atoms with Gasteiger partial charge in [-0.15, -0.1) is 0 Å². The summed E-state index contributed by atoms with van der Waals surface area (Å²) >= 11 is 0. The maximum absolute atomic E-state index is 11.3. The average Bonchev–Trinajstić information content (AvgIpc) is 2.55. The van der Waals surface area contributed by atoms with Crippen molar-refractivity contribution in [1.29, 1.82) is 0 Å². The molecule has 6 heteroatoms. The molecule has 90 valence electrons.